The summed E-state index contributed by atoms with van der Waals surface area (Å²) in [6.07, 6.45) is 1.24. The summed E-state index contributed by atoms with van der Waals surface area (Å²) in [5, 5.41) is 7.09. The van der Waals surface area contributed by atoms with E-state index in [2.05, 4.69) is 22.2 Å². The first-order chi connectivity index (χ1) is 9.08. The normalized spacial score (nSPS) is 20.5. The molecule has 1 aliphatic rings. The number of nitrogens with one attached hydrogen (secondary N) is 1. The molecule has 1 fully saturated rings. The van der Waals surface area contributed by atoms with E-state index >= 15 is 0 Å². The van der Waals surface area contributed by atoms with E-state index in [4.69, 9.17) is 4.74 Å². The number of morpholine rings is 1. The number of carbonyl (C=O) groups is 1. The van der Waals surface area contributed by atoms with Crippen LogP contribution in [-0.4, -0.2) is 52.9 Å². The smallest absolute Gasteiger partial charge is 0.239 e. The van der Waals surface area contributed by atoms with Gasteiger partial charge in [-0.15, -0.1) is 0 Å². The van der Waals surface area contributed by atoms with Crippen LogP contribution in [0.3, 0.4) is 0 Å². The Hall–Kier alpha value is -1.40. The Morgan fingerprint density at radius 2 is 2.42 bits per heavy atom. The van der Waals surface area contributed by atoms with E-state index in [1.807, 2.05) is 20.0 Å². The highest BCUT2D eigenvalue weighted by molar-refractivity contribution is 5.91. The van der Waals surface area contributed by atoms with Gasteiger partial charge in [0.1, 0.15) is 5.82 Å². The Balaban J connectivity index is 1.85. The maximum Gasteiger partial charge on any atom is 0.239 e. The molecule has 2 rings (SSSR count). The van der Waals surface area contributed by atoms with Crippen LogP contribution in [0.5, 0.6) is 0 Å². The standard InChI is InChI=1S/C13H22N4O2/c1-4-11-8-17(5-6-19-11)9-13(18)14-12-7-10(2)15-16(12)3/h7,11H,4-6,8-9H2,1-3H3,(H,14,18). The van der Waals surface area contributed by atoms with Crippen molar-refractivity contribution in [1.82, 2.24) is 14.7 Å². The molecule has 1 unspecified atom stereocenters. The summed E-state index contributed by atoms with van der Waals surface area (Å²) < 4.78 is 7.27. The zero-order valence-electron chi connectivity index (χ0n) is 11.8. The molecule has 1 amide bonds. The van der Waals surface area contributed by atoms with E-state index in [0.717, 1.165) is 31.0 Å². The first-order valence-electron chi connectivity index (χ1n) is 6.73. The molecule has 0 radical (unpaired) electrons. The van der Waals surface area contributed by atoms with Crippen molar-refractivity contribution >= 4 is 11.7 Å². The number of aryl methyl sites for hydroxylation is 2. The quantitative estimate of drug-likeness (QED) is 0.875. The van der Waals surface area contributed by atoms with Crippen LogP contribution in [0.15, 0.2) is 6.07 Å². The summed E-state index contributed by atoms with van der Waals surface area (Å²) >= 11 is 0. The van der Waals surface area contributed by atoms with Crippen molar-refractivity contribution in [3.8, 4) is 0 Å². The molecule has 19 heavy (non-hydrogen) atoms. The minimum Gasteiger partial charge on any atom is -0.376 e. The van der Waals surface area contributed by atoms with E-state index in [9.17, 15) is 4.79 Å². The Bertz CT molecular complexity index is 444. The zero-order chi connectivity index (χ0) is 13.8. The van der Waals surface area contributed by atoms with Crippen LogP contribution in [0.1, 0.15) is 19.0 Å². The minimum atomic E-state index is -0.000229. The molecule has 0 spiro atoms. The summed E-state index contributed by atoms with van der Waals surface area (Å²) in [4.78, 5) is 14.1. The Morgan fingerprint density at radius 3 is 3.05 bits per heavy atom. The molecule has 1 N–H and O–H groups in total. The third-order valence-electron chi connectivity index (χ3n) is 3.31. The molecule has 1 aromatic heterocycles. The second-order valence-electron chi connectivity index (χ2n) is 4.98. The molecule has 6 heteroatoms. The summed E-state index contributed by atoms with van der Waals surface area (Å²) in [6, 6.07) is 1.87. The maximum atomic E-state index is 12.0. The lowest BCUT2D eigenvalue weighted by Crippen LogP contribution is -2.45. The fourth-order valence-electron chi connectivity index (χ4n) is 2.28. The van der Waals surface area contributed by atoms with Crippen molar-refractivity contribution in [3.63, 3.8) is 0 Å². The van der Waals surface area contributed by atoms with Gasteiger partial charge in [-0.3, -0.25) is 14.4 Å². The van der Waals surface area contributed by atoms with Crippen LogP contribution in [-0.2, 0) is 16.6 Å². The van der Waals surface area contributed by atoms with E-state index in [0.29, 0.717) is 13.2 Å². The number of anilines is 1. The lowest BCUT2D eigenvalue weighted by atomic mass is 10.2. The number of ether oxygens (including phenoxy) is 1. The number of nitrogens with zero attached hydrogens (tertiary/aromatic N) is 3. The number of rotatable bonds is 4. The minimum absolute atomic E-state index is 0.000229. The van der Waals surface area contributed by atoms with Crippen LogP contribution in [0.25, 0.3) is 0 Å². The summed E-state index contributed by atoms with van der Waals surface area (Å²) in [5.41, 5.74) is 0.898. The largest absolute Gasteiger partial charge is 0.376 e. The molecule has 1 aromatic rings. The summed E-state index contributed by atoms with van der Waals surface area (Å²) in [5.74, 6) is 0.738. The number of aromatic nitrogens is 2. The SMILES string of the molecule is CCC1CN(CC(=O)Nc2cc(C)nn2C)CCO1. The van der Waals surface area contributed by atoms with Gasteiger partial charge in [-0.1, -0.05) is 6.92 Å². The number of hydrogen-bond donors (Lipinski definition) is 1. The molecule has 0 aliphatic carbocycles. The first kappa shape index (κ1) is 14.0. The monoisotopic (exact) mass is 266 g/mol. The van der Waals surface area contributed by atoms with Gasteiger partial charge in [0.15, 0.2) is 0 Å². The Kier molecular flexibility index (Phi) is 4.55. The molecule has 0 aromatic carbocycles. The summed E-state index contributed by atoms with van der Waals surface area (Å²) in [7, 11) is 1.82. The van der Waals surface area contributed by atoms with Gasteiger partial charge in [0, 0.05) is 26.2 Å². The van der Waals surface area contributed by atoms with Crippen molar-refractivity contribution in [1.29, 1.82) is 0 Å². The van der Waals surface area contributed by atoms with Crippen LogP contribution in [0, 0.1) is 6.92 Å². The maximum absolute atomic E-state index is 12.0. The molecule has 2 heterocycles. The molecular formula is C13H22N4O2. The van der Waals surface area contributed by atoms with Gasteiger partial charge >= 0.3 is 0 Å². The predicted molar refractivity (Wildman–Crippen MR) is 73.0 cm³/mol. The highest BCUT2D eigenvalue weighted by Gasteiger charge is 2.21. The van der Waals surface area contributed by atoms with Crippen LogP contribution in [0.4, 0.5) is 5.82 Å². The third kappa shape index (κ3) is 3.78. The second kappa shape index (κ2) is 6.16. The van der Waals surface area contributed by atoms with Gasteiger partial charge in [0.25, 0.3) is 0 Å². The topological polar surface area (TPSA) is 59.4 Å². The Morgan fingerprint density at radius 1 is 1.63 bits per heavy atom. The molecule has 1 aliphatic heterocycles. The van der Waals surface area contributed by atoms with E-state index in [1.54, 1.807) is 4.68 Å². The Labute approximate surface area is 113 Å². The molecule has 6 nitrogen and oxygen atoms in total. The van der Waals surface area contributed by atoms with Gasteiger partial charge in [-0.2, -0.15) is 5.10 Å². The predicted octanol–water partition coefficient (Wildman–Crippen LogP) is 0.778. The zero-order valence-corrected chi connectivity index (χ0v) is 11.8. The molecular weight excluding hydrogens is 244 g/mol. The molecule has 1 atom stereocenters. The van der Waals surface area contributed by atoms with E-state index in [-0.39, 0.29) is 12.0 Å². The van der Waals surface area contributed by atoms with Gasteiger partial charge < -0.3 is 10.1 Å². The number of carbonyl (C=O) groups excluding carboxylic acids is 1. The van der Waals surface area contributed by atoms with Gasteiger partial charge in [0.05, 0.1) is 24.9 Å². The average molecular weight is 266 g/mol. The fourth-order valence-corrected chi connectivity index (χ4v) is 2.28. The average Bonchev–Trinajstić information content (AvgIpc) is 2.68. The van der Waals surface area contributed by atoms with E-state index < -0.39 is 0 Å². The number of amides is 1. The fraction of sp³-hybridized carbons (Fsp3) is 0.692. The van der Waals surface area contributed by atoms with Crippen LogP contribution < -0.4 is 5.32 Å². The molecule has 0 bridgehead atoms. The molecule has 1 saturated heterocycles. The first-order valence-corrected chi connectivity index (χ1v) is 6.73. The van der Waals surface area contributed by atoms with Gasteiger partial charge in [0.2, 0.25) is 5.91 Å². The molecule has 106 valence electrons. The lowest BCUT2D eigenvalue weighted by molar-refractivity contribution is -0.119. The van der Waals surface area contributed by atoms with Crippen LogP contribution in [0.2, 0.25) is 0 Å². The van der Waals surface area contributed by atoms with E-state index in [1.165, 1.54) is 0 Å². The summed E-state index contributed by atoms with van der Waals surface area (Å²) in [6.45, 7) is 6.76. The second-order valence-corrected chi connectivity index (χ2v) is 4.98. The number of hydrogen-bond acceptors (Lipinski definition) is 4. The highest BCUT2D eigenvalue weighted by atomic mass is 16.5. The van der Waals surface area contributed by atoms with Crippen molar-refractivity contribution < 1.29 is 9.53 Å². The highest BCUT2D eigenvalue weighted by Crippen LogP contribution is 2.10. The molecule has 0 saturated carbocycles. The lowest BCUT2D eigenvalue weighted by Gasteiger charge is -2.31. The van der Waals surface area contributed by atoms with Crippen molar-refractivity contribution in [2.45, 2.75) is 26.4 Å². The van der Waals surface area contributed by atoms with Crippen molar-refractivity contribution in [2.75, 3.05) is 31.6 Å². The third-order valence-corrected chi connectivity index (χ3v) is 3.31. The van der Waals surface area contributed by atoms with Crippen LogP contribution >= 0.6 is 0 Å². The van der Waals surface area contributed by atoms with Crippen molar-refractivity contribution in [2.24, 2.45) is 7.05 Å². The van der Waals surface area contributed by atoms with Gasteiger partial charge in [-0.05, 0) is 13.3 Å². The van der Waals surface area contributed by atoms with Gasteiger partial charge in [-0.25, -0.2) is 0 Å². The van der Waals surface area contributed by atoms with Crippen molar-refractivity contribution in [3.05, 3.63) is 11.8 Å².